The van der Waals surface area contributed by atoms with E-state index in [4.69, 9.17) is 5.73 Å². The maximum atomic E-state index is 13.7. The summed E-state index contributed by atoms with van der Waals surface area (Å²) in [5.41, 5.74) is 4.72. The van der Waals surface area contributed by atoms with Gasteiger partial charge in [0, 0.05) is 18.8 Å². The lowest BCUT2D eigenvalue weighted by Gasteiger charge is -2.20. The summed E-state index contributed by atoms with van der Waals surface area (Å²) in [5.74, 6) is -0.212. The molecule has 0 aromatic heterocycles. The molecule has 0 unspecified atom stereocenters. The quantitative estimate of drug-likeness (QED) is 0.797. The van der Waals surface area contributed by atoms with Gasteiger partial charge in [0.05, 0.1) is 11.3 Å². The number of nitrogens with two attached hydrogens (primary N) is 1. The fourth-order valence-corrected chi connectivity index (χ4v) is 2.77. The Bertz CT molecular complexity index is 460. The SMILES string of the molecule is Nc1cc(F)cc(C(=O)N2CCCSCC2)c1F. The Morgan fingerprint density at radius 2 is 2.06 bits per heavy atom. The summed E-state index contributed by atoms with van der Waals surface area (Å²) >= 11 is 1.76. The van der Waals surface area contributed by atoms with Crippen LogP contribution in [0.15, 0.2) is 12.1 Å². The molecule has 2 rings (SSSR count). The van der Waals surface area contributed by atoms with Gasteiger partial charge in [-0.15, -0.1) is 0 Å². The van der Waals surface area contributed by atoms with Gasteiger partial charge in [0.1, 0.15) is 5.82 Å². The number of amides is 1. The molecule has 0 bridgehead atoms. The number of halogens is 2. The Balaban J connectivity index is 2.27. The van der Waals surface area contributed by atoms with Crippen LogP contribution in [0.25, 0.3) is 0 Å². The molecule has 1 amide bonds. The van der Waals surface area contributed by atoms with Crippen molar-refractivity contribution in [1.29, 1.82) is 0 Å². The number of rotatable bonds is 1. The van der Waals surface area contributed by atoms with Crippen LogP contribution in [0, 0.1) is 11.6 Å². The van der Waals surface area contributed by atoms with Crippen molar-refractivity contribution in [2.24, 2.45) is 0 Å². The van der Waals surface area contributed by atoms with Gasteiger partial charge in [-0.1, -0.05) is 0 Å². The summed E-state index contributed by atoms with van der Waals surface area (Å²) in [5, 5.41) is 0. The minimum atomic E-state index is -0.835. The van der Waals surface area contributed by atoms with Crippen molar-refractivity contribution < 1.29 is 13.6 Å². The molecule has 1 aromatic rings. The fourth-order valence-electron chi connectivity index (χ4n) is 1.89. The minimum absolute atomic E-state index is 0.278. The normalized spacial score (nSPS) is 16.4. The second-order valence-electron chi connectivity index (χ2n) is 4.11. The molecule has 0 radical (unpaired) electrons. The number of benzene rings is 1. The molecule has 0 atom stereocenters. The highest BCUT2D eigenvalue weighted by atomic mass is 32.2. The van der Waals surface area contributed by atoms with Crippen molar-refractivity contribution in [2.75, 3.05) is 30.3 Å². The van der Waals surface area contributed by atoms with E-state index < -0.39 is 17.5 Å². The van der Waals surface area contributed by atoms with Gasteiger partial charge in [-0.2, -0.15) is 11.8 Å². The second-order valence-corrected chi connectivity index (χ2v) is 5.34. The van der Waals surface area contributed by atoms with Crippen molar-refractivity contribution in [3.05, 3.63) is 29.3 Å². The number of anilines is 1. The maximum Gasteiger partial charge on any atom is 0.257 e. The van der Waals surface area contributed by atoms with Crippen molar-refractivity contribution in [1.82, 2.24) is 4.90 Å². The zero-order chi connectivity index (χ0) is 13.1. The molecule has 0 aliphatic carbocycles. The van der Waals surface area contributed by atoms with E-state index in [0.717, 1.165) is 30.1 Å². The zero-order valence-electron chi connectivity index (χ0n) is 9.79. The average molecular weight is 272 g/mol. The van der Waals surface area contributed by atoms with E-state index in [9.17, 15) is 13.6 Å². The summed E-state index contributed by atoms with van der Waals surface area (Å²) in [4.78, 5) is 13.7. The first-order valence-corrected chi connectivity index (χ1v) is 6.86. The van der Waals surface area contributed by atoms with Crippen molar-refractivity contribution in [3.8, 4) is 0 Å². The third-order valence-electron chi connectivity index (χ3n) is 2.81. The molecule has 0 saturated carbocycles. The first kappa shape index (κ1) is 13.1. The van der Waals surface area contributed by atoms with Crippen LogP contribution in [0.5, 0.6) is 0 Å². The molecule has 0 spiro atoms. The Labute approximate surface area is 108 Å². The van der Waals surface area contributed by atoms with Crippen molar-refractivity contribution in [2.45, 2.75) is 6.42 Å². The molecule has 3 nitrogen and oxygen atoms in total. The highest BCUT2D eigenvalue weighted by Gasteiger charge is 2.22. The fraction of sp³-hybridized carbons (Fsp3) is 0.417. The van der Waals surface area contributed by atoms with Gasteiger partial charge in [0.2, 0.25) is 0 Å². The average Bonchev–Trinajstić information content (AvgIpc) is 2.61. The molecule has 1 aliphatic rings. The highest BCUT2D eigenvalue weighted by molar-refractivity contribution is 7.99. The zero-order valence-corrected chi connectivity index (χ0v) is 10.6. The van der Waals surface area contributed by atoms with Crippen molar-refractivity contribution >= 4 is 23.4 Å². The van der Waals surface area contributed by atoms with Gasteiger partial charge in [-0.05, 0) is 24.3 Å². The van der Waals surface area contributed by atoms with Crippen LogP contribution >= 0.6 is 11.8 Å². The van der Waals surface area contributed by atoms with Gasteiger partial charge >= 0.3 is 0 Å². The third-order valence-corrected chi connectivity index (χ3v) is 3.85. The largest absolute Gasteiger partial charge is 0.396 e. The first-order chi connectivity index (χ1) is 8.59. The number of nitrogen functional groups attached to an aromatic ring is 1. The molecule has 1 aliphatic heterocycles. The standard InChI is InChI=1S/C12H14F2N2OS/c13-8-6-9(11(14)10(15)7-8)12(17)16-2-1-4-18-5-3-16/h6-7H,1-5,15H2. The monoisotopic (exact) mass is 272 g/mol. The van der Waals surface area contributed by atoms with E-state index in [1.165, 1.54) is 0 Å². The summed E-state index contributed by atoms with van der Waals surface area (Å²) in [7, 11) is 0. The lowest BCUT2D eigenvalue weighted by molar-refractivity contribution is 0.0763. The summed E-state index contributed by atoms with van der Waals surface area (Å²) < 4.78 is 26.9. The van der Waals surface area contributed by atoms with Gasteiger partial charge in [0.15, 0.2) is 5.82 Å². The molecule has 1 saturated heterocycles. The van der Waals surface area contributed by atoms with Crippen molar-refractivity contribution in [3.63, 3.8) is 0 Å². The molecule has 2 N–H and O–H groups in total. The van der Waals surface area contributed by atoms with E-state index in [1.54, 1.807) is 16.7 Å². The third kappa shape index (κ3) is 2.75. The van der Waals surface area contributed by atoms with Crippen LogP contribution in [0.4, 0.5) is 14.5 Å². The van der Waals surface area contributed by atoms with Crippen LogP contribution in [0.3, 0.4) is 0 Å². The van der Waals surface area contributed by atoms with Crippen LogP contribution in [0.1, 0.15) is 16.8 Å². The van der Waals surface area contributed by atoms with E-state index in [-0.39, 0.29) is 11.3 Å². The molecular weight excluding hydrogens is 258 g/mol. The Morgan fingerprint density at radius 3 is 2.83 bits per heavy atom. The number of nitrogens with zero attached hydrogens (tertiary/aromatic N) is 1. The number of hydrogen-bond donors (Lipinski definition) is 1. The van der Waals surface area contributed by atoms with E-state index in [0.29, 0.717) is 13.1 Å². The summed E-state index contributed by atoms with van der Waals surface area (Å²) in [6.07, 6.45) is 0.864. The highest BCUT2D eigenvalue weighted by Crippen LogP contribution is 2.20. The summed E-state index contributed by atoms with van der Waals surface area (Å²) in [6.45, 7) is 1.13. The number of hydrogen-bond acceptors (Lipinski definition) is 3. The second kappa shape index (κ2) is 5.56. The number of carbonyl (C=O) groups is 1. The van der Waals surface area contributed by atoms with E-state index in [2.05, 4.69) is 0 Å². The maximum absolute atomic E-state index is 13.7. The van der Waals surface area contributed by atoms with Crippen LogP contribution in [-0.4, -0.2) is 35.4 Å². The first-order valence-electron chi connectivity index (χ1n) is 5.71. The lowest BCUT2D eigenvalue weighted by Crippen LogP contribution is -2.33. The molecule has 18 heavy (non-hydrogen) atoms. The van der Waals surface area contributed by atoms with Crippen LogP contribution in [0.2, 0.25) is 0 Å². The Kier molecular flexibility index (Phi) is 4.06. The Morgan fingerprint density at radius 1 is 1.28 bits per heavy atom. The minimum Gasteiger partial charge on any atom is -0.396 e. The molecule has 1 heterocycles. The smallest absolute Gasteiger partial charge is 0.257 e. The summed E-state index contributed by atoms with van der Waals surface area (Å²) in [6, 6.07) is 1.79. The van der Waals surface area contributed by atoms with Gasteiger partial charge in [0.25, 0.3) is 5.91 Å². The predicted molar refractivity (Wildman–Crippen MR) is 68.6 cm³/mol. The van der Waals surface area contributed by atoms with Gasteiger partial charge in [-0.3, -0.25) is 4.79 Å². The lowest BCUT2D eigenvalue weighted by atomic mass is 10.1. The van der Waals surface area contributed by atoms with Gasteiger partial charge in [-0.25, -0.2) is 8.78 Å². The molecular formula is C12H14F2N2OS. The van der Waals surface area contributed by atoms with Crippen LogP contribution in [-0.2, 0) is 0 Å². The van der Waals surface area contributed by atoms with Crippen LogP contribution < -0.4 is 5.73 Å². The van der Waals surface area contributed by atoms with E-state index in [1.807, 2.05) is 0 Å². The predicted octanol–water partition coefficient (Wildman–Crippen LogP) is 2.13. The molecule has 1 aromatic carbocycles. The molecule has 98 valence electrons. The molecule has 6 heteroatoms. The number of carbonyl (C=O) groups excluding carboxylic acids is 1. The Hall–Kier alpha value is -1.30. The topological polar surface area (TPSA) is 46.3 Å². The van der Waals surface area contributed by atoms with Gasteiger partial charge < -0.3 is 10.6 Å². The molecule has 1 fully saturated rings. The van der Waals surface area contributed by atoms with E-state index >= 15 is 0 Å². The number of thioether (sulfide) groups is 1.